The van der Waals surface area contributed by atoms with Gasteiger partial charge in [0, 0.05) is 0 Å². The monoisotopic (exact) mass is 770 g/mol. The largest absolute Gasteiger partial charge is 0.481 e. The maximum Gasteiger partial charge on any atom is 0.310 e. The molecule has 0 aliphatic heterocycles. The summed E-state index contributed by atoms with van der Waals surface area (Å²) in [5, 5.41) is 18.9. The van der Waals surface area contributed by atoms with Crippen molar-refractivity contribution < 1.29 is 39.4 Å². The lowest BCUT2D eigenvalue weighted by atomic mass is 9.70. The van der Waals surface area contributed by atoms with E-state index in [1.165, 1.54) is 77.0 Å². The van der Waals surface area contributed by atoms with Crippen LogP contribution >= 0.6 is 23.2 Å². The molecule has 12 unspecified atom stereocenters. The number of alkyl halides is 2. The van der Waals surface area contributed by atoms with Crippen molar-refractivity contribution in [3.05, 3.63) is 0 Å². The highest BCUT2D eigenvalue weighted by molar-refractivity contribution is 6.21. The van der Waals surface area contributed by atoms with Crippen molar-refractivity contribution in [1.82, 2.24) is 0 Å². The van der Waals surface area contributed by atoms with Crippen molar-refractivity contribution in [2.75, 3.05) is 13.2 Å². The Morgan fingerprint density at radius 3 is 1.71 bits per heavy atom. The normalized spacial score (nSPS) is 39.9. The van der Waals surface area contributed by atoms with Crippen LogP contribution in [-0.2, 0) is 29.0 Å². The van der Waals surface area contributed by atoms with Gasteiger partial charge in [0.1, 0.15) is 12.2 Å². The number of carbonyl (C=O) groups excluding carboxylic acids is 1. The smallest absolute Gasteiger partial charge is 0.310 e. The third-order valence-corrected chi connectivity index (χ3v) is 15.7. The van der Waals surface area contributed by atoms with Crippen LogP contribution in [0.1, 0.15) is 154 Å². The van der Waals surface area contributed by atoms with Gasteiger partial charge in [-0.05, 0) is 131 Å². The van der Waals surface area contributed by atoms with Gasteiger partial charge in [-0.25, -0.2) is 14.7 Å². The number of carboxylic acid groups (broad SMARTS) is 1. The molecule has 6 rings (SSSR count). The lowest BCUT2D eigenvalue weighted by Crippen LogP contribution is -2.43. The molecule has 52 heavy (non-hydrogen) atoms. The summed E-state index contributed by atoms with van der Waals surface area (Å²) in [5.74, 6) is 1.64. The standard InChI is InChI=1S/C42H68Cl2O8/c43-37-23-31(14-17-39(37)51-42(47)35-16-12-30(22-36(35)41(45)46)20-28-9-5-2-6-10-28)32-15-18-40(38(44)24-32)52-50-26-33-13-11-29(21-34(33)25-49-48)19-27-7-3-1-4-8-27/h27-40,48H,1-26H2,(H,45,46). The fourth-order valence-electron chi connectivity index (χ4n) is 11.8. The molecule has 0 radical (unpaired) electrons. The van der Waals surface area contributed by atoms with E-state index in [0.29, 0.717) is 68.0 Å². The van der Waals surface area contributed by atoms with E-state index in [1.807, 2.05) is 0 Å². The van der Waals surface area contributed by atoms with Crippen LogP contribution in [-0.4, -0.2) is 58.5 Å². The van der Waals surface area contributed by atoms with Gasteiger partial charge in [-0.3, -0.25) is 14.8 Å². The highest BCUT2D eigenvalue weighted by atomic mass is 35.5. The molecule has 6 aliphatic rings. The fraction of sp³-hybridized carbons (Fsp3) is 0.952. The van der Waals surface area contributed by atoms with E-state index in [-0.39, 0.29) is 34.8 Å². The zero-order valence-corrected chi connectivity index (χ0v) is 33.1. The van der Waals surface area contributed by atoms with Gasteiger partial charge in [-0.2, -0.15) is 0 Å². The summed E-state index contributed by atoms with van der Waals surface area (Å²) in [6.45, 7) is 0.852. The summed E-state index contributed by atoms with van der Waals surface area (Å²) in [6, 6.07) is 0. The van der Waals surface area contributed by atoms with Gasteiger partial charge in [-0.15, -0.1) is 23.2 Å². The summed E-state index contributed by atoms with van der Waals surface area (Å²) < 4.78 is 6.02. The summed E-state index contributed by atoms with van der Waals surface area (Å²) >= 11 is 13.8. The highest BCUT2D eigenvalue weighted by Gasteiger charge is 2.44. The van der Waals surface area contributed by atoms with Crippen molar-refractivity contribution in [2.45, 2.75) is 177 Å². The first-order valence-electron chi connectivity index (χ1n) is 21.5. The molecular weight excluding hydrogens is 703 g/mol. The zero-order valence-electron chi connectivity index (χ0n) is 31.6. The summed E-state index contributed by atoms with van der Waals surface area (Å²) in [4.78, 5) is 42.2. The van der Waals surface area contributed by atoms with E-state index in [4.69, 9.17) is 37.7 Å². The van der Waals surface area contributed by atoms with Crippen LogP contribution in [0.25, 0.3) is 0 Å². The number of halogens is 2. The third-order valence-electron chi connectivity index (χ3n) is 14.8. The SMILES string of the molecule is O=C(O)C1CC(CC2CCCCC2)CCC1C(=O)OC1CCC(C2CCC(OOCC3CCC(CC4CCCCC4)CC3COO)C(Cl)C2)CC1Cl. The minimum absolute atomic E-state index is 0.146. The number of hydrogen-bond acceptors (Lipinski definition) is 7. The van der Waals surface area contributed by atoms with Gasteiger partial charge in [0.05, 0.1) is 35.8 Å². The molecule has 6 aliphatic carbocycles. The van der Waals surface area contributed by atoms with Crippen molar-refractivity contribution in [3.8, 4) is 0 Å². The van der Waals surface area contributed by atoms with Crippen LogP contribution in [0.3, 0.4) is 0 Å². The summed E-state index contributed by atoms with van der Waals surface area (Å²) in [6.07, 6.45) is 25.7. The number of aliphatic carboxylic acids is 1. The van der Waals surface area contributed by atoms with Crippen LogP contribution in [0.4, 0.5) is 0 Å². The molecule has 298 valence electrons. The van der Waals surface area contributed by atoms with E-state index in [1.54, 1.807) is 0 Å². The molecule has 8 nitrogen and oxygen atoms in total. The molecular formula is C42H68Cl2O8. The first-order valence-corrected chi connectivity index (χ1v) is 22.4. The molecule has 10 heteroatoms. The maximum atomic E-state index is 13.4. The Hall–Kier alpha value is -0.640. The predicted molar refractivity (Wildman–Crippen MR) is 202 cm³/mol. The number of carbonyl (C=O) groups is 2. The molecule has 0 amide bonds. The van der Waals surface area contributed by atoms with Crippen molar-refractivity contribution in [3.63, 3.8) is 0 Å². The van der Waals surface area contributed by atoms with E-state index < -0.39 is 17.8 Å². The van der Waals surface area contributed by atoms with E-state index in [9.17, 15) is 20.0 Å². The van der Waals surface area contributed by atoms with Crippen molar-refractivity contribution >= 4 is 35.1 Å². The Morgan fingerprint density at radius 1 is 0.558 bits per heavy atom. The van der Waals surface area contributed by atoms with E-state index >= 15 is 0 Å². The fourth-order valence-corrected chi connectivity index (χ4v) is 12.6. The van der Waals surface area contributed by atoms with Crippen LogP contribution in [0, 0.1) is 59.2 Å². The molecule has 0 spiro atoms. The van der Waals surface area contributed by atoms with Gasteiger partial charge >= 0.3 is 11.9 Å². The minimum atomic E-state index is -0.866. The Labute approximate surface area is 322 Å². The first-order chi connectivity index (χ1) is 25.3. The molecule has 0 aromatic carbocycles. The predicted octanol–water partition coefficient (Wildman–Crippen LogP) is 10.6. The first kappa shape index (κ1) is 41.0. The average Bonchev–Trinajstić information content (AvgIpc) is 3.15. The number of ether oxygens (including phenoxy) is 1. The number of hydrogen-bond donors (Lipinski definition) is 2. The average molecular weight is 772 g/mol. The minimum Gasteiger partial charge on any atom is -0.481 e. The highest BCUT2D eigenvalue weighted by Crippen LogP contribution is 2.45. The van der Waals surface area contributed by atoms with Crippen molar-refractivity contribution in [2.24, 2.45) is 59.2 Å². The molecule has 0 heterocycles. The quantitative estimate of drug-likeness (QED) is 0.0777. The Kier molecular flexibility index (Phi) is 16.2. The molecule has 6 saturated carbocycles. The molecule has 0 saturated heterocycles. The second-order valence-corrected chi connectivity index (χ2v) is 19.4. The van der Waals surface area contributed by atoms with Crippen LogP contribution < -0.4 is 0 Å². The Balaban J connectivity index is 0.891. The molecule has 2 N–H and O–H groups in total. The number of carboxylic acids is 1. The van der Waals surface area contributed by atoms with Gasteiger partial charge < -0.3 is 9.84 Å². The lowest BCUT2D eigenvalue weighted by Gasteiger charge is -2.41. The molecule has 0 aromatic rings. The topological polar surface area (TPSA) is 112 Å². The van der Waals surface area contributed by atoms with E-state index in [2.05, 4.69) is 4.89 Å². The number of rotatable bonds is 14. The second kappa shape index (κ2) is 20.5. The zero-order chi connectivity index (χ0) is 36.5. The molecule has 12 atom stereocenters. The Morgan fingerprint density at radius 2 is 1.13 bits per heavy atom. The Bertz CT molecular complexity index is 1100. The molecule has 6 fully saturated rings. The lowest BCUT2D eigenvalue weighted by molar-refractivity contribution is -0.339. The van der Waals surface area contributed by atoms with Gasteiger partial charge in [0.2, 0.25) is 0 Å². The van der Waals surface area contributed by atoms with Crippen LogP contribution in [0.15, 0.2) is 0 Å². The van der Waals surface area contributed by atoms with Crippen LogP contribution in [0.2, 0.25) is 0 Å². The van der Waals surface area contributed by atoms with Crippen LogP contribution in [0.5, 0.6) is 0 Å². The van der Waals surface area contributed by atoms with Gasteiger partial charge in [-0.1, -0.05) is 70.6 Å². The third kappa shape index (κ3) is 11.5. The van der Waals surface area contributed by atoms with Crippen molar-refractivity contribution in [1.29, 1.82) is 0 Å². The van der Waals surface area contributed by atoms with Gasteiger partial charge in [0.25, 0.3) is 0 Å². The number of esters is 1. The summed E-state index contributed by atoms with van der Waals surface area (Å²) in [7, 11) is 0. The van der Waals surface area contributed by atoms with E-state index in [0.717, 1.165) is 63.7 Å². The van der Waals surface area contributed by atoms with Gasteiger partial charge in [0.15, 0.2) is 0 Å². The second-order valence-electron chi connectivity index (χ2n) is 18.3. The molecule has 0 bridgehead atoms. The molecule has 0 aromatic heterocycles. The summed E-state index contributed by atoms with van der Waals surface area (Å²) in [5.41, 5.74) is 0. The maximum absolute atomic E-state index is 13.4.